The first kappa shape index (κ1) is 35.0. The van der Waals surface area contributed by atoms with Crippen LogP contribution < -0.4 is 0 Å². The fourth-order valence-electron chi connectivity index (χ4n) is 6.87. The monoisotopic (exact) mass is 698 g/mol. The van der Waals surface area contributed by atoms with Gasteiger partial charge in [-0.15, -0.1) is 0 Å². The number of rotatable bonds is 15. The summed E-state index contributed by atoms with van der Waals surface area (Å²) in [6.07, 6.45) is 2.84. The zero-order chi connectivity index (χ0) is 34.2. The van der Waals surface area contributed by atoms with Crippen LogP contribution in [0.1, 0.15) is 50.8 Å². The maximum absolute atomic E-state index is 12.6. The summed E-state index contributed by atoms with van der Waals surface area (Å²) >= 11 is 4.28. The lowest BCUT2D eigenvalue weighted by molar-refractivity contribution is 0.0362. The molecule has 1 atom stereocenters. The van der Waals surface area contributed by atoms with Gasteiger partial charge in [0.2, 0.25) is 0 Å². The molecule has 1 N–H and O–H groups in total. The molecule has 1 aliphatic heterocycles. The summed E-state index contributed by atoms with van der Waals surface area (Å²) in [6, 6.07) is 33.7. The zero-order valence-corrected chi connectivity index (χ0v) is 29.0. The van der Waals surface area contributed by atoms with Crippen LogP contribution in [0.5, 0.6) is 0 Å². The fourth-order valence-corrected chi connectivity index (χ4v) is 7.51. The van der Waals surface area contributed by atoms with Gasteiger partial charge in [-0.1, -0.05) is 84.4 Å². The second kappa shape index (κ2) is 16.7. The largest absolute Gasteiger partial charge is 0.760 e. The van der Waals surface area contributed by atoms with Gasteiger partial charge in [-0.2, -0.15) is 0 Å². The fraction of sp³-hybridized carbons (Fsp3) is 0.308. The molecule has 1 aromatic heterocycles. The number of aryl methyl sites for hydroxylation is 2. The maximum atomic E-state index is 12.6. The SMILES string of the molecule is O=C(O)c1ccc(CCCc2c(CCN(CCN3CCOCC3)S(=O)[O-])n(C(c3ccccc3)c3ccccc3)c3ccc(Cl)cc23)cc1. The summed E-state index contributed by atoms with van der Waals surface area (Å²) in [4.78, 5) is 13.6. The van der Waals surface area contributed by atoms with Gasteiger partial charge in [0.15, 0.2) is 0 Å². The van der Waals surface area contributed by atoms with Gasteiger partial charge in [0.25, 0.3) is 0 Å². The molecule has 0 saturated carbocycles. The number of aromatic carboxylic acids is 1. The summed E-state index contributed by atoms with van der Waals surface area (Å²) in [7, 11) is 0. The van der Waals surface area contributed by atoms with Crippen molar-refractivity contribution in [1.82, 2.24) is 13.8 Å². The van der Waals surface area contributed by atoms with Gasteiger partial charge in [-0.3, -0.25) is 9.11 Å². The Hall–Kier alpha value is -3.83. The Labute approximate surface area is 295 Å². The normalized spacial score (nSPS) is 14.5. The van der Waals surface area contributed by atoms with E-state index in [1.807, 2.05) is 36.4 Å². The van der Waals surface area contributed by atoms with Crippen molar-refractivity contribution in [3.05, 3.63) is 142 Å². The number of fused-ring (bicyclic) bond motifs is 1. The molecular formula is C39H41ClN3O5S-. The van der Waals surface area contributed by atoms with Gasteiger partial charge in [0, 0.05) is 72.0 Å². The standard InChI is InChI=1S/C39H42ClN3O5S/c40-33-18-19-36-35(28-33)34(13-7-8-29-14-16-32(17-15-29)39(44)45)37(20-21-42(49(46)47)23-22-41-24-26-48-27-25-41)43(36)38(30-9-3-1-4-10-30)31-11-5-2-6-12-31/h1-6,9-12,14-19,28,38H,7-8,13,20-27H2,(H,44,45)(H,46,47)/p-1. The molecule has 1 unspecified atom stereocenters. The second-order valence-electron chi connectivity index (χ2n) is 12.4. The van der Waals surface area contributed by atoms with Gasteiger partial charge in [-0.05, 0) is 71.8 Å². The van der Waals surface area contributed by atoms with Crippen molar-refractivity contribution >= 4 is 39.7 Å². The first-order valence-electron chi connectivity index (χ1n) is 16.8. The van der Waals surface area contributed by atoms with Crippen molar-refractivity contribution < 1.29 is 23.4 Å². The van der Waals surface area contributed by atoms with Gasteiger partial charge >= 0.3 is 5.97 Å². The molecular weight excluding hydrogens is 658 g/mol. The Kier molecular flexibility index (Phi) is 11.9. The van der Waals surface area contributed by atoms with Crippen LogP contribution in [0.4, 0.5) is 0 Å². The summed E-state index contributed by atoms with van der Waals surface area (Å²) < 4.78 is 34.6. The van der Waals surface area contributed by atoms with Crippen molar-refractivity contribution in [2.75, 3.05) is 45.9 Å². The quantitative estimate of drug-likeness (QED) is 0.121. The summed E-state index contributed by atoms with van der Waals surface area (Å²) in [5.74, 6) is -0.940. The Morgan fingerprint density at radius 2 is 1.53 bits per heavy atom. The van der Waals surface area contributed by atoms with Crippen LogP contribution in [0.15, 0.2) is 103 Å². The van der Waals surface area contributed by atoms with E-state index in [-0.39, 0.29) is 11.6 Å². The molecule has 5 aromatic rings. The Bertz CT molecular complexity index is 1820. The number of hydrogen-bond acceptors (Lipinski definition) is 5. The molecule has 1 fully saturated rings. The molecule has 0 radical (unpaired) electrons. The first-order chi connectivity index (χ1) is 23.9. The summed E-state index contributed by atoms with van der Waals surface area (Å²) in [6.45, 7) is 4.32. The highest BCUT2D eigenvalue weighted by Gasteiger charge is 2.26. The van der Waals surface area contributed by atoms with Crippen LogP contribution in [-0.4, -0.2) is 79.5 Å². The topological polar surface area (TPSA) is 98.1 Å². The number of hydrogen-bond donors (Lipinski definition) is 1. The number of carboxylic acid groups (broad SMARTS) is 1. The molecule has 8 nitrogen and oxygen atoms in total. The Morgan fingerprint density at radius 3 is 2.14 bits per heavy atom. The van der Waals surface area contributed by atoms with E-state index in [1.165, 1.54) is 4.31 Å². The lowest BCUT2D eigenvalue weighted by Gasteiger charge is -2.31. The highest BCUT2D eigenvalue weighted by atomic mass is 35.5. The number of benzene rings is 4. The molecule has 0 amide bonds. The van der Waals surface area contributed by atoms with Crippen molar-refractivity contribution in [3.8, 4) is 0 Å². The van der Waals surface area contributed by atoms with Crippen LogP contribution in [0.25, 0.3) is 10.9 Å². The third-order valence-electron chi connectivity index (χ3n) is 9.34. The number of aromatic nitrogens is 1. The van der Waals surface area contributed by atoms with Crippen LogP contribution in [0.2, 0.25) is 5.02 Å². The zero-order valence-electron chi connectivity index (χ0n) is 27.4. The summed E-state index contributed by atoms with van der Waals surface area (Å²) in [5, 5.41) is 11.0. The minimum absolute atomic E-state index is 0.155. The molecule has 4 aromatic carbocycles. The Balaban J connectivity index is 1.40. The molecule has 6 rings (SSSR count). The van der Waals surface area contributed by atoms with Crippen LogP contribution in [0, 0.1) is 0 Å². The molecule has 49 heavy (non-hydrogen) atoms. The van der Waals surface area contributed by atoms with E-state index >= 15 is 0 Å². The van der Waals surface area contributed by atoms with E-state index in [0.717, 1.165) is 71.2 Å². The van der Waals surface area contributed by atoms with Gasteiger partial charge in [0.05, 0.1) is 24.8 Å². The van der Waals surface area contributed by atoms with Crippen molar-refractivity contribution in [1.29, 1.82) is 0 Å². The predicted octanol–water partition coefficient (Wildman–Crippen LogP) is 6.78. The number of ether oxygens (including phenoxy) is 1. The van der Waals surface area contributed by atoms with E-state index in [2.05, 4.69) is 64.1 Å². The second-order valence-corrected chi connectivity index (χ2v) is 13.8. The minimum Gasteiger partial charge on any atom is -0.760 e. The highest BCUT2D eigenvalue weighted by molar-refractivity contribution is 7.76. The number of carbonyl (C=O) groups is 1. The van der Waals surface area contributed by atoms with Gasteiger partial charge < -0.3 is 19.0 Å². The van der Waals surface area contributed by atoms with Crippen LogP contribution in [-0.2, 0) is 35.3 Å². The van der Waals surface area contributed by atoms with E-state index in [9.17, 15) is 18.7 Å². The summed E-state index contributed by atoms with van der Waals surface area (Å²) in [5.41, 5.74) is 6.87. The van der Waals surface area contributed by atoms with Crippen molar-refractivity contribution in [2.24, 2.45) is 0 Å². The molecule has 0 aliphatic carbocycles. The number of nitrogens with zero attached hydrogens (tertiary/aromatic N) is 3. The molecule has 1 aliphatic rings. The van der Waals surface area contributed by atoms with E-state index in [1.54, 1.807) is 12.1 Å². The molecule has 2 heterocycles. The third-order valence-corrected chi connectivity index (χ3v) is 10.4. The molecule has 10 heteroatoms. The van der Waals surface area contributed by atoms with E-state index < -0.39 is 17.2 Å². The molecule has 1 saturated heterocycles. The third kappa shape index (κ3) is 8.67. The highest BCUT2D eigenvalue weighted by Crippen LogP contribution is 2.38. The number of halogens is 1. The lowest BCUT2D eigenvalue weighted by Crippen LogP contribution is -2.42. The van der Waals surface area contributed by atoms with E-state index in [0.29, 0.717) is 44.3 Å². The van der Waals surface area contributed by atoms with Crippen LogP contribution >= 0.6 is 11.6 Å². The molecule has 0 bridgehead atoms. The maximum Gasteiger partial charge on any atom is 0.335 e. The number of morpholine rings is 1. The van der Waals surface area contributed by atoms with Gasteiger partial charge in [0.1, 0.15) is 0 Å². The predicted molar refractivity (Wildman–Crippen MR) is 194 cm³/mol. The van der Waals surface area contributed by atoms with Gasteiger partial charge in [-0.25, -0.2) is 9.10 Å². The van der Waals surface area contributed by atoms with E-state index in [4.69, 9.17) is 16.3 Å². The van der Waals surface area contributed by atoms with Crippen LogP contribution in [0.3, 0.4) is 0 Å². The Morgan fingerprint density at radius 1 is 0.878 bits per heavy atom. The molecule has 256 valence electrons. The minimum atomic E-state index is -2.38. The van der Waals surface area contributed by atoms with Crippen molar-refractivity contribution in [2.45, 2.75) is 31.7 Å². The molecule has 0 spiro atoms. The average Bonchev–Trinajstić information content (AvgIpc) is 3.41. The smallest absolute Gasteiger partial charge is 0.335 e. The average molecular weight is 699 g/mol. The number of carboxylic acids is 1. The first-order valence-corrected chi connectivity index (χ1v) is 18.2. The lowest BCUT2D eigenvalue weighted by atomic mass is 9.97. The van der Waals surface area contributed by atoms with Crippen molar-refractivity contribution in [3.63, 3.8) is 0 Å².